The van der Waals surface area contributed by atoms with Crippen molar-refractivity contribution in [3.63, 3.8) is 0 Å². The van der Waals surface area contributed by atoms with Crippen molar-refractivity contribution >= 4 is 16.3 Å². The van der Waals surface area contributed by atoms with Gasteiger partial charge >= 0.3 is 0 Å². The molecule has 0 radical (unpaired) electrons. The SMILES string of the molecule is Cc1ccc(F)c(C(Cc2cn3ccsc3n2)NN)c1. The average molecular weight is 290 g/mol. The van der Waals surface area contributed by atoms with Crippen molar-refractivity contribution in [2.75, 3.05) is 0 Å². The van der Waals surface area contributed by atoms with Crippen molar-refractivity contribution in [1.29, 1.82) is 0 Å². The Morgan fingerprint density at radius 2 is 2.35 bits per heavy atom. The molecule has 3 rings (SSSR count). The van der Waals surface area contributed by atoms with Gasteiger partial charge in [-0.25, -0.2) is 9.37 Å². The van der Waals surface area contributed by atoms with Gasteiger partial charge in [0.1, 0.15) is 5.82 Å². The summed E-state index contributed by atoms with van der Waals surface area (Å²) >= 11 is 1.57. The average Bonchev–Trinajstić information content (AvgIpc) is 3.00. The quantitative estimate of drug-likeness (QED) is 0.573. The van der Waals surface area contributed by atoms with E-state index in [0.29, 0.717) is 12.0 Å². The number of fused-ring (bicyclic) bond motifs is 1. The number of nitrogens with two attached hydrogens (primary N) is 1. The molecule has 3 aromatic rings. The van der Waals surface area contributed by atoms with Gasteiger partial charge in [0, 0.05) is 29.8 Å². The van der Waals surface area contributed by atoms with Crippen LogP contribution in [0.3, 0.4) is 0 Å². The van der Waals surface area contributed by atoms with E-state index in [1.807, 2.05) is 35.2 Å². The molecule has 0 saturated carbocycles. The molecule has 2 aromatic heterocycles. The first-order chi connectivity index (χ1) is 9.67. The highest BCUT2D eigenvalue weighted by Crippen LogP contribution is 2.22. The van der Waals surface area contributed by atoms with Crippen molar-refractivity contribution in [2.24, 2.45) is 5.84 Å². The predicted octanol–water partition coefficient (Wildman–Crippen LogP) is 2.59. The van der Waals surface area contributed by atoms with Crippen molar-refractivity contribution in [2.45, 2.75) is 19.4 Å². The number of hydrazine groups is 1. The van der Waals surface area contributed by atoms with E-state index in [0.717, 1.165) is 16.2 Å². The molecule has 1 unspecified atom stereocenters. The maximum Gasteiger partial charge on any atom is 0.193 e. The third-order valence-electron chi connectivity index (χ3n) is 3.28. The lowest BCUT2D eigenvalue weighted by Crippen LogP contribution is -2.30. The minimum Gasteiger partial charge on any atom is -0.297 e. The Morgan fingerprint density at radius 3 is 3.10 bits per heavy atom. The molecule has 20 heavy (non-hydrogen) atoms. The van der Waals surface area contributed by atoms with E-state index < -0.39 is 0 Å². The number of aromatic nitrogens is 2. The number of hydrogen-bond acceptors (Lipinski definition) is 4. The van der Waals surface area contributed by atoms with Gasteiger partial charge in [-0.15, -0.1) is 11.3 Å². The van der Waals surface area contributed by atoms with Gasteiger partial charge in [0.15, 0.2) is 4.96 Å². The van der Waals surface area contributed by atoms with E-state index in [4.69, 9.17) is 5.84 Å². The Bertz CT molecular complexity index is 705. The summed E-state index contributed by atoms with van der Waals surface area (Å²) in [5.74, 6) is 5.34. The third kappa shape index (κ3) is 2.45. The standard InChI is InChI=1S/C14H15FN4S/c1-9-2-3-12(15)11(6-9)13(18-16)7-10-8-19-4-5-20-14(19)17-10/h2-6,8,13,18H,7,16H2,1H3. The van der Waals surface area contributed by atoms with Crippen LogP contribution in [0.15, 0.2) is 36.0 Å². The van der Waals surface area contributed by atoms with E-state index in [9.17, 15) is 4.39 Å². The molecular weight excluding hydrogens is 275 g/mol. The number of halogens is 1. The van der Waals surface area contributed by atoms with Crippen LogP contribution in [-0.4, -0.2) is 9.38 Å². The maximum atomic E-state index is 13.9. The number of nitrogens with zero attached hydrogens (tertiary/aromatic N) is 2. The van der Waals surface area contributed by atoms with Gasteiger partial charge < -0.3 is 0 Å². The van der Waals surface area contributed by atoms with Crippen molar-refractivity contribution in [3.8, 4) is 0 Å². The maximum absolute atomic E-state index is 13.9. The highest BCUT2D eigenvalue weighted by molar-refractivity contribution is 7.15. The van der Waals surface area contributed by atoms with Crippen molar-refractivity contribution in [3.05, 3.63) is 58.6 Å². The Labute approximate surface area is 120 Å². The summed E-state index contributed by atoms with van der Waals surface area (Å²) in [6.07, 6.45) is 4.45. The molecular formula is C14H15FN4S. The van der Waals surface area contributed by atoms with E-state index in [-0.39, 0.29) is 11.9 Å². The number of rotatable bonds is 4. The zero-order valence-corrected chi connectivity index (χ0v) is 11.8. The summed E-state index contributed by atoms with van der Waals surface area (Å²) in [7, 11) is 0. The predicted molar refractivity (Wildman–Crippen MR) is 78.0 cm³/mol. The molecule has 0 fully saturated rings. The largest absolute Gasteiger partial charge is 0.297 e. The number of thiazole rings is 1. The van der Waals surface area contributed by atoms with Crippen LogP contribution in [0.5, 0.6) is 0 Å². The van der Waals surface area contributed by atoms with E-state index in [1.54, 1.807) is 17.4 Å². The lowest BCUT2D eigenvalue weighted by atomic mass is 10.0. The second-order valence-electron chi connectivity index (χ2n) is 4.77. The molecule has 104 valence electrons. The van der Waals surface area contributed by atoms with Crippen LogP contribution in [0.1, 0.15) is 22.9 Å². The van der Waals surface area contributed by atoms with E-state index in [2.05, 4.69) is 10.4 Å². The molecule has 2 heterocycles. The monoisotopic (exact) mass is 290 g/mol. The fourth-order valence-electron chi connectivity index (χ4n) is 2.27. The number of aryl methyl sites for hydroxylation is 1. The first kappa shape index (κ1) is 13.2. The van der Waals surface area contributed by atoms with Gasteiger partial charge in [0.2, 0.25) is 0 Å². The fraction of sp³-hybridized carbons (Fsp3) is 0.214. The number of imidazole rings is 1. The molecule has 0 spiro atoms. The van der Waals surface area contributed by atoms with E-state index >= 15 is 0 Å². The summed E-state index contributed by atoms with van der Waals surface area (Å²) in [6, 6.07) is 4.75. The molecule has 0 amide bonds. The second-order valence-corrected chi connectivity index (χ2v) is 5.65. The molecule has 0 bridgehead atoms. The van der Waals surface area contributed by atoms with Gasteiger partial charge in [0.05, 0.1) is 11.7 Å². The summed E-state index contributed by atoms with van der Waals surface area (Å²) in [4.78, 5) is 5.43. The molecule has 0 saturated heterocycles. The van der Waals surface area contributed by atoms with Crippen molar-refractivity contribution < 1.29 is 4.39 Å². The number of nitrogens with one attached hydrogen (secondary N) is 1. The normalized spacial score (nSPS) is 12.9. The Balaban J connectivity index is 1.89. The molecule has 1 aromatic carbocycles. The topological polar surface area (TPSA) is 55.3 Å². The lowest BCUT2D eigenvalue weighted by Gasteiger charge is -2.16. The zero-order valence-electron chi connectivity index (χ0n) is 11.0. The summed E-state index contributed by atoms with van der Waals surface area (Å²) in [5, 5.41) is 1.98. The van der Waals surface area contributed by atoms with Crippen LogP contribution in [0.25, 0.3) is 4.96 Å². The third-order valence-corrected chi connectivity index (χ3v) is 4.06. The van der Waals surface area contributed by atoms with E-state index in [1.165, 1.54) is 6.07 Å². The van der Waals surface area contributed by atoms with Crippen LogP contribution in [0.4, 0.5) is 4.39 Å². The zero-order chi connectivity index (χ0) is 14.1. The molecule has 0 aliphatic carbocycles. The van der Waals surface area contributed by atoms with Gasteiger partial charge in [-0.2, -0.15) is 0 Å². The second kappa shape index (κ2) is 5.32. The van der Waals surface area contributed by atoms with Gasteiger partial charge in [0.25, 0.3) is 0 Å². The number of benzene rings is 1. The molecule has 0 aliphatic rings. The fourth-order valence-corrected chi connectivity index (χ4v) is 2.99. The van der Waals surface area contributed by atoms with Gasteiger partial charge in [-0.3, -0.25) is 15.7 Å². The van der Waals surface area contributed by atoms with Gasteiger partial charge in [-0.1, -0.05) is 17.7 Å². The highest BCUT2D eigenvalue weighted by Gasteiger charge is 2.17. The van der Waals surface area contributed by atoms with Crippen LogP contribution in [0.2, 0.25) is 0 Å². The summed E-state index contributed by atoms with van der Waals surface area (Å²) in [6.45, 7) is 1.93. The van der Waals surface area contributed by atoms with Crippen LogP contribution in [-0.2, 0) is 6.42 Å². The first-order valence-corrected chi connectivity index (χ1v) is 7.18. The van der Waals surface area contributed by atoms with Crippen LogP contribution >= 0.6 is 11.3 Å². The van der Waals surface area contributed by atoms with Crippen LogP contribution < -0.4 is 11.3 Å². The van der Waals surface area contributed by atoms with Crippen LogP contribution in [0, 0.1) is 12.7 Å². The first-order valence-electron chi connectivity index (χ1n) is 6.30. The molecule has 6 heteroatoms. The Kier molecular flexibility index (Phi) is 3.52. The summed E-state index contributed by atoms with van der Waals surface area (Å²) < 4.78 is 15.9. The summed E-state index contributed by atoms with van der Waals surface area (Å²) in [5.41, 5.74) is 5.16. The van der Waals surface area contributed by atoms with Crippen molar-refractivity contribution in [1.82, 2.24) is 14.8 Å². The number of hydrogen-bond donors (Lipinski definition) is 2. The molecule has 3 N–H and O–H groups in total. The Hall–Kier alpha value is -1.76. The molecule has 0 aliphatic heterocycles. The minimum absolute atomic E-state index is 0.250. The Morgan fingerprint density at radius 1 is 1.50 bits per heavy atom. The molecule has 1 atom stereocenters. The van der Waals surface area contributed by atoms with Gasteiger partial charge in [-0.05, 0) is 13.0 Å². The smallest absolute Gasteiger partial charge is 0.193 e. The minimum atomic E-state index is -0.292. The molecule has 4 nitrogen and oxygen atoms in total. The highest BCUT2D eigenvalue weighted by atomic mass is 32.1. The lowest BCUT2D eigenvalue weighted by molar-refractivity contribution is 0.507.